The Morgan fingerprint density at radius 3 is 2.75 bits per heavy atom. The minimum atomic E-state index is -0.927. The number of carboxylic acid groups (broad SMARTS) is 1. The van der Waals surface area contributed by atoms with Crippen LogP contribution < -0.4 is 0 Å². The molecule has 88 valence electrons. The SMILES string of the molecule is C#CCC(=O)N1CCC(CC)CC1C(=O)O. The van der Waals surface area contributed by atoms with Crippen molar-refractivity contribution in [2.24, 2.45) is 5.92 Å². The summed E-state index contributed by atoms with van der Waals surface area (Å²) in [5.74, 6) is 1.49. The molecule has 1 heterocycles. The molecule has 2 atom stereocenters. The molecule has 0 aromatic carbocycles. The van der Waals surface area contributed by atoms with Crippen molar-refractivity contribution in [3.05, 3.63) is 0 Å². The molecule has 1 N–H and O–H groups in total. The number of carbonyl (C=O) groups is 2. The first-order chi connectivity index (χ1) is 7.60. The van der Waals surface area contributed by atoms with Gasteiger partial charge >= 0.3 is 5.97 Å². The molecule has 0 aromatic rings. The first kappa shape index (κ1) is 12.6. The zero-order valence-corrected chi connectivity index (χ0v) is 9.48. The number of carboxylic acids is 1. The van der Waals surface area contributed by atoms with E-state index in [1.54, 1.807) is 0 Å². The largest absolute Gasteiger partial charge is 0.480 e. The normalized spacial score (nSPS) is 24.9. The van der Waals surface area contributed by atoms with Gasteiger partial charge in [0.25, 0.3) is 0 Å². The number of amides is 1. The second kappa shape index (κ2) is 5.55. The third-order valence-corrected chi connectivity index (χ3v) is 3.15. The average Bonchev–Trinajstić information content (AvgIpc) is 2.28. The number of hydrogen-bond donors (Lipinski definition) is 1. The maximum Gasteiger partial charge on any atom is 0.326 e. The van der Waals surface area contributed by atoms with Crippen LogP contribution in [-0.2, 0) is 9.59 Å². The third kappa shape index (κ3) is 2.75. The van der Waals surface area contributed by atoms with Crippen LogP contribution >= 0.6 is 0 Å². The lowest BCUT2D eigenvalue weighted by Gasteiger charge is -2.36. The Labute approximate surface area is 95.6 Å². The van der Waals surface area contributed by atoms with Crippen LogP contribution in [0.5, 0.6) is 0 Å². The van der Waals surface area contributed by atoms with Crippen LogP contribution in [-0.4, -0.2) is 34.5 Å². The fourth-order valence-electron chi connectivity index (χ4n) is 2.13. The van der Waals surface area contributed by atoms with Gasteiger partial charge in [-0.2, -0.15) is 0 Å². The number of carbonyl (C=O) groups excluding carboxylic acids is 1. The highest BCUT2D eigenvalue weighted by molar-refractivity contribution is 5.85. The van der Waals surface area contributed by atoms with Gasteiger partial charge in [0, 0.05) is 6.54 Å². The predicted molar refractivity (Wildman–Crippen MR) is 59.6 cm³/mol. The minimum Gasteiger partial charge on any atom is -0.480 e. The van der Waals surface area contributed by atoms with Gasteiger partial charge in [0.05, 0.1) is 6.42 Å². The van der Waals surface area contributed by atoms with Crippen molar-refractivity contribution >= 4 is 11.9 Å². The molecule has 4 heteroatoms. The van der Waals surface area contributed by atoms with Gasteiger partial charge in [0.1, 0.15) is 6.04 Å². The van der Waals surface area contributed by atoms with Crippen LogP contribution in [0.2, 0.25) is 0 Å². The van der Waals surface area contributed by atoms with Crippen LogP contribution in [0.15, 0.2) is 0 Å². The highest BCUT2D eigenvalue weighted by Gasteiger charge is 2.34. The van der Waals surface area contributed by atoms with Crippen LogP contribution in [0.25, 0.3) is 0 Å². The van der Waals surface area contributed by atoms with Gasteiger partial charge in [-0.05, 0) is 18.8 Å². The summed E-state index contributed by atoms with van der Waals surface area (Å²) in [6.45, 7) is 2.55. The van der Waals surface area contributed by atoms with Crippen LogP contribution in [0, 0.1) is 18.3 Å². The molecule has 1 amide bonds. The summed E-state index contributed by atoms with van der Waals surface area (Å²) in [6.07, 6.45) is 7.43. The minimum absolute atomic E-state index is 0.0133. The smallest absolute Gasteiger partial charge is 0.326 e. The molecule has 1 saturated heterocycles. The molecule has 0 bridgehead atoms. The molecule has 1 fully saturated rings. The lowest BCUT2D eigenvalue weighted by atomic mass is 9.88. The van der Waals surface area contributed by atoms with Crippen LogP contribution in [0.4, 0.5) is 0 Å². The van der Waals surface area contributed by atoms with E-state index in [0.29, 0.717) is 18.9 Å². The topological polar surface area (TPSA) is 57.6 Å². The fourth-order valence-corrected chi connectivity index (χ4v) is 2.13. The molecule has 1 aliphatic rings. The van der Waals surface area contributed by atoms with Gasteiger partial charge in [-0.15, -0.1) is 6.42 Å². The molecule has 0 saturated carbocycles. The fraction of sp³-hybridized carbons (Fsp3) is 0.667. The monoisotopic (exact) mass is 223 g/mol. The Balaban J connectivity index is 2.73. The molecule has 4 nitrogen and oxygen atoms in total. The van der Waals surface area contributed by atoms with Crippen molar-refractivity contribution in [3.63, 3.8) is 0 Å². The zero-order valence-electron chi connectivity index (χ0n) is 9.48. The van der Waals surface area contributed by atoms with Crippen molar-refractivity contribution in [2.75, 3.05) is 6.54 Å². The van der Waals surface area contributed by atoms with Gasteiger partial charge in [-0.25, -0.2) is 4.79 Å². The quantitative estimate of drug-likeness (QED) is 0.729. The van der Waals surface area contributed by atoms with Gasteiger partial charge in [-0.1, -0.05) is 19.3 Å². The summed E-state index contributed by atoms with van der Waals surface area (Å²) in [4.78, 5) is 24.1. The van der Waals surface area contributed by atoms with E-state index >= 15 is 0 Å². The van der Waals surface area contributed by atoms with E-state index in [2.05, 4.69) is 5.92 Å². The molecular formula is C12H17NO3. The second-order valence-electron chi connectivity index (χ2n) is 4.12. The Bertz CT molecular complexity index is 319. The number of aliphatic carboxylic acids is 1. The molecule has 1 aliphatic heterocycles. The molecule has 1 rings (SSSR count). The van der Waals surface area contributed by atoms with E-state index < -0.39 is 12.0 Å². The standard InChI is InChI=1S/C12H17NO3/c1-3-5-11(14)13-7-6-9(4-2)8-10(13)12(15)16/h1,9-10H,4-8H2,2H3,(H,15,16). The molecule has 0 aliphatic carbocycles. The van der Waals surface area contributed by atoms with E-state index in [4.69, 9.17) is 11.5 Å². The molecule has 0 radical (unpaired) electrons. The van der Waals surface area contributed by atoms with Crippen molar-refractivity contribution in [1.82, 2.24) is 4.90 Å². The van der Waals surface area contributed by atoms with E-state index in [1.807, 2.05) is 6.92 Å². The van der Waals surface area contributed by atoms with Crippen molar-refractivity contribution < 1.29 is 14.7 Å². The molecule has 16 heavy (non-hydrogen) atoms. The first-order valence-corrected chi connectivity index (χ1v) is 5.55. The lowest BCUT2D eigenvalue weighted by Crippen LogP contribution is -2.49. The van der Waals surface area contributed by atoms with Crippen molar-refractivity contribution in [1.29, 1.82) is 0 Å². The molecule has 0 aromatic heterocycles. The van der Waals surface area contributed by atoms with Crippen molar-refractivity contribution in [3.8, 4) is 12.3 Å². The molecule has 2 unspecified atom stereocenters. The average molecular weight is 223 g/mol. The number of piperidine rings is 1. The van der Waals surface area contributed by atoms with Crippen LogP contribution in [0.1, 0.15) is 32.6 Å². The third-order valence-electron chi connectivity index (χ3n) is 3.15. The van der Waals surface area contributed by atoms with E-state index in [9.17, 15) is 9.59 Å². The van der Waals surface area contributed by atoms with Gasteiger partial charge < -0.3 is 10.0 Å². The summed E-state index contributed by atoms with van der Waals surface area (Å²) in [5, 5.41) is 9.09. The Hall–Kier alpha value is -1.50. The maximum atomic E-state index is 11.6. The Morgan fingerprint density at radius 2 is 2.25 bits per heavy atom. The zero-order chi connectivity index (χ0) is 12.1. The van der Waals surface area contributed by atoms with Gasteiger partial charge in [-0.3, -0.25) is 4.79 Å². The predicted octanol–water partition coefficient (Wildman–Crippen LogP) is 1.11. The van der Waals surface area contributed by atoms with E-state index in [1.165, 1.54) is 4.90 Å². The summed E-state index contributed by atoms with van der Waals surface area (Å²) in [7, 11) is 0. The number of rotatable bonds is 3. The second-order valence-corrected chi connectivity index (χ2v) is 4.12. The number of terminal acetylenes is 1. The first-order valence-electron chi connectivity index (χ1n) is 5.55. The highest BCUT2D eigenvalue weighted by atomic mass is 16.4. The highest BCUT2D eigenvalue weighted by Crippen LogP contribution is 2.25. The number of nitrogens with zero attached hydrogens (tertiary/aromatic N) is 1. The summed E-state index contributed by atoms with van der Waals surface area (Å²) >= 11 is 0. The van der Waals surface area contributed by atoms with E-state index in [-0.39, 0.29) is 12.3 Å². The van der Waals surface area contributed by atoms with E-state index in [0.717, 1.165) is 12.8 Å². The lowest BCUT2D eigenvalue weighted by molar-refractivity contribution is -0.152. The summed E-state index contributed by atoms with van der Waals surface area (Å²) in [5.41, 5.74) is 0. The Morgan fingerprint density at radius 1 is 1.56 bits per heavy atom. The summed E-state index contributed by atoms with van der Waals surface area (Å²) in [6, 6.07) is -0.695. The van der Waals surface area contributed by atoms with Crippen LogP contribution in [0.3, 0.4) is 0 Å². The number of hydrogen-bond acceptors (Lipinski definition) is 2. The summed E-state index contributed by atoms with van der Waals surface area (Å²) < 4.78 is 0. The Kier molecular flexibility index (Phi) is 4.36. The number of likely N-dealkylation sites (tertiary alicyclic amines) is 1. The maximum absolute atomic E-state index is 11.6. The van der Waals surface area contributed by atoms with Gasteiger partial charge in [0.2, 0.25) is 5.91 Å². The molecule has 0 spiro atoms. The van der Waals surface area contributed by atoms with Crippen molar-refractivity contribution in [2.45, 2.75) is 38.6 Å². The molecular weight excluding hydrogens is 206 g/mol. The van der Waals surface area contributed by atoms with Gasteiger partial charge in [0.15, 0.2) is 0 Å².